The van der Waals surface area contributed by atoms with E-state index in [0.29, 0.717) is 0 Å². The molecule has 2 aromatic rings. The van der Waals surface area contributed by atoms with Crippen LogP contribution < -0.4 is 10.6 Å². The van der Waals surface area contributed by atoms with E-state index < -0.39 is 0 Å². The lowest BCUT2D eigenvalue weighted by molar-refractivity contribution is -0.117. The topological polar surface area (TPSA) is 64.9 Å². The normalized spacial score (nSPS) is 14.6. The molecule has 144 valence electrons. The summed E-state index contributed by atoms with van der Waals surface area (Å²) in [7, 11) is 0. The van der Waals surface area contributed by atoms with E-state index in [2.05, 4.69) is 51.4 Å². The molecule has 0 aromatic heterocycles. The fourth-order valence-corrected chi connectivity index (χ4v) is 4.11. The molecule has 1 amide bonds. The van der Waals surface area contributed by atoms with Crippen LogP contribution in [0.5, 0.6) is 0 Å². The average Bonchev–Trinajstić information content (AvgIpc) is 2.69. The van der Waals surface area contributed by atoms with E-state index in [1.807, 2.05) is 38.1 Å². The van der Waals surface area contributed by atoms with Gasteiger partial charge >= 0.3 is 0 Å². The maximum atomic E-state index is 12.6. The summed E-state index contributed by atoms with van der Waals surface area (Å²) >= 11 is 2.25. The molecule has 4 nitrogen and oxygen atoms in total. The molecule has 0 bridgehead atoms. The van der Waals surface area contributed by atoms with Crippen LogP contribution >= 0.6 is 22.6 Å². The number of nitrogens with one attached hydrogen (secondary N) is 2. The maximum Gasteiger partial charge on any atom is 0.263 e. The number of amides is 1. The number of nitrogens with zero attached hydrogens (tertiary/aromatic N) is 1. The van der Waals surface area contributed by atoms with E-state index in [4.69, 9.17) is 0 Å². The Morgan fingerprint density at radius 3 is 2.64 bits per heavy atom. The quantitative estimate of drug-likeness (QED) is 0.349. The fourth-order valence-electron chi connectivity index (χ4n) is 3.47. The molecule has 0 fully saturated rings. The van der Waals surface area contributed by atoms with Crippen molar-refractivity contribution < 1.29 is 4.79 Å². The van der Waals surface area contributed by atoms with Crippen molar-refractivity contribution in [1.29, 1.82) is 5.26 Å². The molecule has 0 spiro atoms. The highest BCUT2D eigenvalue weighted by Crippen LogP contribution is 2.25. The number of hydrogen-bond donors (Lipinski definition) is 2. The minimum Gasteiger partial charge on any atom is -0.360 e. The molecule has 0 saturated carbocycles. The maximum absolute atomic E-state index is 12.6. The van der Waals surface area contributed by atoms with E-state index >= 15 is 0 Å². The van der Waals surface area contributed by atoms with E-state index in [1.165, 1.54) is 30.2 Å². The lowest BCUT2D eigenvalue weighted by Crippen LogP contribution is -2.28. The van der Waals surface area contributed by atoms with Gasteiger partial charge in [-0.2, -0.15) is 5.26 Å². The van der Waals surface area contributed by atoms with Gasteiger partial charge in [-0.1, -0.05) is 18.2 Å². The van der Waals surface area contributed by atoms with Crippen molar-refractivity contribution in [1.82, 2.24) is 5.32 Å². The Morgan fingerprint density at radius 1 is 1.18 bits per heavy atom. The second kappa shape index (κ2) is 9.24. The van der Waals surface area contributed by atoms with Gasteiger partial charge in [-0.05, 0) is 103 Å². The molecule has 1 aliphatic carbocycles. The Labute approximate surface area is 180 Å². The van der Waals surface area contributed by atoms with Gasteiger partial charge in [-0.25, -0.2) is 0 Å². The van der Waals surface area contributed by atoms with Gasteiger partial charge in [0.1, 0.15) is 11.6 Å². The van der Waals surface area contributed by atoms with Crippen LogP contribution in [0.15, 0.2) is 48.2 Å². The van der Waals surface area contributed by atoms with Crippen molar-refractivity contribution >= 4 is 34.2 Å². The first-order valence-corrected chi connectivity index (χ1v) is 10.6. The predicted octanol–water partition coefficient (Wildman–Crippen LogP) is 5.18. The summed E-state index contributed by atoms with van der Waals surface area (Å²) in [4.78, 5) is 12.6. The van der Waals surface area contributed by atoms with E-state index in [0.717, 1.165) is 33.2 Å². The van der Waals surface area contributed by atoms with Gasteiger partial charge in [-0.3, -0.25) is 4.79 Å². The molecule has 5 heteroatoms. The monoisotopic (exact) mass is 485 g/mol. The summed E-state index contributed by atoms with van der Waals surface area (Å²) in [5.41, 5.74) is 5.88. The lowest BCUT2D eigenvalue weighted by atomic mass is 9.89. The summed E-state index contributed by atoms with van der Waals surface area (Å²) in [5, 5.41) is 15.4. The van der Waals surface area contributed by atoms with Crippen molar-refractivity contribution in [2.24, 2.45) is 0 Å². The number of aryl methyl sites for hydroxylation is 3. The van der Waals surface area contributed by atoms with Crippen LogP contribution in [0, 0.1) is 21.8 Å². The third-order valence-corrected chi connectivity index (χ3v) is 5.82. The van der Waals surface area contributed by atoms with Gasteiger partial charge in [0, 0.05) is 15.5 Å². The average molecular weight is 485 g/mol. The van der Waals surface area contributed by atoms with Crippen LogP contribution in [0.2, 0.25) is 0 Å². The number of carbonyl (C=O) groups is 1. The van der Waals surface area contributed by atoms with Gasteiger partial charge in [0.2, 0.25) is 0 Å². The smallest absolute Gasteiger partial charge is 0.263 e. The largest absolute Gasteiger partial charge is 0.360 e. The summed E-state index contributed by atoms with van der Waals surface area (Å²) in [6.07, 6.45) is 6.20. The molecular weight excluding hydrogens is 461 g/mol. The standard InChI is InChI=1S/C23H24IN3O/c1-15-11-21(24)9-10-22(15)26-14-20(13-25)23(28)27-16(2)18-8-7-17-5-3-4-6-19(17)12-18/h7-12,14,16,26H,3-6H2,1-2H3,(H,27,28)/b20-14-. The number of anilines is 1. The van der Waals surface area contributed by atoms with Crippen LogP contribution in [0.1, 0.15) is 48.1 Å². The predicted molar refractivity (Wildman–Crippen MR) is 121 cm³/mol. The van der Waals surface area contributed by atoms with Crippen molar-refractivity contribution in [3.63, 3.8) is 0 Å². The zero-order chi connectivity index (χ0) is 20.1. The van der Waals surface area contributed by atoms with Gasteiger partial charge in [0.05, 0.1) is 6.04 Å². The zero-order valence-electron chi connectivity index (χ0n) is 16.2. The van der Waals surface area contributed by atoms with Crippen LogP contribution in [-0.4, -0.2) is 5.91 Å². The van der Waals surface area contributed by atoms with Gasteiger partial charge in [-0.15, -0.1) is 0 Å². The third-order valence-electron chi connectivity index (χ3n) is 5.15. The number of fused-ring (bicyclic) bond motifs is 1. The van der Waals surface area contributed by atoms with Gasteiger partial charge in [0.25, 0.3) is 5.91 Å². The minimum atomic E-state index is -0.372. The number of benzene rings is 2. The molecule has 1 atom stereocenters. The Balaban J connectivity index is 1.68. The molecule has 1 aliphatic rings. The number of hydrogen-bond acceptors (Lipinski definition) is 3. The second-order valence-corrected chi connectivity index (χ2v) is 8.45. The molecule has 0 radical (unpaired) electrons. The fraction of sp³-hybridized carbons (Fsp3) is 0.304. The van der Waals surface area contributed by atoms with Crippen molar-refractivity contribution in [2.75, 3.05) is 5.32 Å². The minimum absolute atomic E-state index is 0.0581. The van der Waals surface area contributed by atoms with E-state index in [9.17, 15) is 10.1 Å². The highest BCUT2D eigenvalue weighted by molar-refractivity contribution is 14.1. The molecule has 1 unspecified atom stereocenters. The molecule has 0 saturated heterocycles. The molecule has 0 aliphatic heterocycles. The molecule has 2 N–H and O–H groups in total. The van der Waals surface area contributed by atoms with Crippen LogP contribution in [0.4, 0.5) is 5.69 Å². The Hall–Kier alpha value is -2.33. The third kappa shape index (κ3) is 4.93. The highest BCUT2D eigenvalue weighted by Gasteiger charge is 2.16. The zero-order valence-corrected chi connectivity index (χ0v) is 18.3. The van der Waals surface area contributed by atoms with Crippen LogP contribution in [0.3, 0.4) is 0 Å². The Bertz CT molecular complexity index is 959. The molecule has 2 aromatic carbocycles. The number of rotatable bonds is 5. The van der Waals surface area contributed by atoms with Gasteiger partial charge < -0.3 is 10.6 Å². The van der Waals surface area contributed by atoms with Crippen molar-refractivity contribution in [3.8, 4) is 6.07 Å². The first kappa shape index (κ1) is 20.4. The number of halogens is 1. The van der Waals surface area contributed by atoms with Crippen molar-refractivity contribution in [2.45, 2.75) is 45.6 Å². The van der Waals surface area contributed by atoms with E-state index in [-0.39, 0.29) is 17.5 Å². The first-order valence-electron chi connectivity index (χ1n) is 9.53. The number of nitriles is 1. The molecular formula is C23H24IN3O. The molecule has 0 heterocycles. The lowest BCUT2D eigenvalue weighted by Gasteiger charge is -2.20. The SMILES string of the molecule is Cc1cc(I)ccc1N/C=C(/C#N)C(=O)NC(C)c1ccc2c(c1)CCCC2. The summed E-state index contributed by atoms with van der Waals surface area (Å²) in [6.45, 7) is 3.94. The highest BCUT2D eigenvalue weighted by atomic mass is 127. The Morgan fingerprint density at radius 2 is 1.93 bits per heavy atom. The number of carbonyl (C=O) groups excluding carboxylic acids is 1. The van der Waals surface area contributed by atoms with Crippen LogP contribution in [-0.2, 0) is 17.6 Å². The summed E-state index contributed by atoms with van der Waals surface area (Å²) < 4.78 is 1.14. The first-order chi connectivity index (χ1) is 13.5. The van der Waals surface area contributed by atoms with Crippen LogP contribution in [0.25, 0.3) is 0 Å². The second-order valence-electron chi connectivity index (χ2n) is 7.20. The summed E-state index contributed by atoms with van der Waals surface area (Å²) in [6, 6.07) is 14.3. The van der Waals surface area contributed by atoms with Gasteiger partial charge in [0.15, 0.2) is 0 Å². The summed E-state index contributed by atoms with van der Waals surface area (Å²) in [5.74, 6) is -0.372. The van der Waals surface area contributed by atoms with E-state index in [1.54, 1.807) is 0 Å². The van der Waals surface area contributed by atoms with Crippen molar-refractivity contribution in [3.05, 3.63) is 74.0 Å². The molecule has 3 rings (SSSR count). The molecule has 28 heavy (non-hydrogen) atoms. The Kier molecular flexibility index (Phi) is 6.74.